The van der Waals surface area contributed by atoms with Crippen molar-refractivity contribution in [1.82, 2.24) is 15.3 Å². The number of fused-ring (bicyclic) bond motifs is 1. The maximum atomic E-state index is 11.6. The number of nitrogens with one attached hydrogen (secondary N) is 1. The van der Waals surface area contributed by atoms with Gasteiger partial charge in [0.1, 0.15) is 17.5 Å². The molecule has 1 aliphatic rings. The Labute approximate surface area is 110 Å². The summed E-state index contributed by atoms with van der Waals surface area (Å²) in [5, 5.41) is 3.60. The van der Waals surface area contributed by atoms with Gasteiger partial charge in [-0.3, -0.25) is 4.79 Å². The van der Waals surface area contributed by atoms with Gasteiger partial charge in [-0.15, -0.1) is 0 Å². The molecule has 100 valence electrons. The zero-order chi connectivity index (χ0) is 13.4. The lowest BCUT2D eigenvalue weighted by Crippen LogP contribution is -2.30. The fraction of sp³-hybridized carbons (Fsp3) is 0.462. The van der Waals surface area contributed by atoms with Crippen LogP contribution in [-0.4, -0.2) is 28.5 Å². The summed E-state index contributed by atoms with van der Waals surface area (Å²) in [5.41, 5.74) is 1.43. The van der Waals surface area contributed by atoms with Crippen molar-refractivity contribution in [3.8, 4) is 5.88 Å². The third kappa shape index (κ3) is 2.38. The topological polar surface area (TPSA) is 77.2 Å². The molecule has 6 nitrogen and oxygen atoms in total. The molecule has 6 heteroatoms. The van der Waals surface area contributed by atoms with Crippen LogP contribution >= 0.6 is 0 Å². The molecule has 2 aromatic heterocycles. The molecule has 3 rings (SSSR count). The van der Waals surface area contributed by atoms with E-state index in [0.717, 1.165) is 29.6 Å². The fourth-order valence-corrected chi connectivity index (χ4v) is 1.89. The lowest BCUT2D eigenvalue weighted by Gasteiger charge is -2.06. The number of nitrogens with zero attached hydrogens (tertiary/aromatic N) is 2. The van der Waals surface area contributed by atoms with Crippen LogP contribution in [0.1, 0.15) is 24.2 Å². The third-order valence-corrected chi connectivity index (χ3v) is 3.21. The molecule has 19 heavy (non-hydrogen) atoms. The van der Waals surface area contributed by atoms with Crippen LogP contribution in [0.15, 0.2) is 10.7 Å². The Morgan fingerprint density at radius 1 is 1.47 bits per heavy atom. The van der Waals surface area contributed by atoms with Crippen LogP contribution in [0.25, 0.3) is 11.1 Å². The van der Waals surface area contributed by atoms with E-state index in [9.17, 15) is 4.79 Å². The minimum Gasteiger partial charge on any atom is -0.467 e. The summed E-state index contributed by atoms with van der Waals surface area (Å²) in [4.78, 5) is 19.7. The Bertz CT molecular complexity index is 631. The SMILES string of the molecule is Cc1oc2ncnc(OCC(=O)NC3CC3)c2c1C. The minimum absolute atomic E-state index is 0.0354. The average Bonchev–Trinajstić information content (AvgIpc) is 3.14. The maximum Gasteiger partial charge on any atom is 0.258 e. The van der Waals surface area contributed by atoms with Crippen molar-refractivity contribution < 1.29 is 13.9 Å². The molecule has 0 saturated heterocycles. The molecule has 0 aromatic carbocycles. The van der Waals surface area contributed by atoms with Gasteiger partial charge in [-0.25, -0.2) is 9.97 Å². The highest BCUT2D eigenvalue weighted by Gasteiger charge is 2.23. The second-order valence-electron chi connectivity index (χ2n) is 4.77. The van der Waals surface area contributed by atoms with Crippen molar-refractivity contribution in [2.24, 2.45) is 0 Å². The molecular weight excluding hydrogens is 246 g/mol. The van der Waals surface area contributed by atoms with Crippen LogP contribution in [-0.2, 0) is 4.79 Å². The molecule has 1 N–H and O–H groups in total. The highest BCUT2D eigenvalue weighted by molar-refractivity contribution is 5.84. The van der Waals surface area contributed by atoms with Gasteiger partial charge in [0.15, 0.2) is 6.61 Å². The number of hydrogen-bond donors (Lipinski definition) is 1. The largest absolute Gasteiger partial charge is 0.467 e. The van der Waals surface area contributed by atoms with E-state index in [-0.39, 0.29) is 12.5 Å². The van der Waals surface area contributed by atoms with E-state index >= 15 is 0 Å². The fourth-order valence-electron chi connectivity index (χ4n) is 1.89. The quantitative estimate of drug-likeness (QED) is 0.902. The number of carbonyl (C=O) groups is 1. The second kappa shape index (κ2) is 4.53. The number of amides is 1. The van der Waals surface area contributed by atoms with Gasteiger partial charge >= 0.3 is 0 Å². The zero-order valence-electron chi connectivity index (χ0n) is 10.9. The van der Waals surface area contributed by atoms with Crippen LogP contribution in [0.5, 0.6) is 5.88 Å². The molecule has 0 bridgehead atoms. The minimum atomic E-state index is -0.118. The van der Waals surface area contributed by atoms with Crippen molar-refractivity contribution >= 4 is 17.0 Å². The molecule has 1 fully saturated rings. The third-order valence-electron chi connectivity index (χ3n) is 3.21. The van der Waals surface area contributed by atoms with Crippen molar-refractivity contribution in [1.29, 1.82) is 0 Å². The standard InChI is InChI=1S/C13H15N3O3/c1-7-8(2)19-13-11(7)12(14-6-15-13)18-5-10(17)16-9-3-4-9/h6,9H,3-5H2,1-2H3,(H,16,17). The molecule has 2 aromatic rings. The molecule has 2 heterocycles. The lowest BCUT2D eigenvalue weighted by atomic mass is 10.2. The molecule has 1 saturated carbocycles. The Morgan fingerprint density at radius 3 is 3.00 bits per heavy atom. The van der Waals surface area contributed by atoms with E-state index in [0.29, 0.717) is 17.6 Å². The monoisotopic (exact) mass is 261 g/mol. The van der Waals surface area contributed by atoms with Crippen LogP contribution in [0.2, 0.25) is 0 Å². The molecule has 0 aliphatic heterocycles. The van der Waals surface area contributed by atoms with Gasteiger partial charge < -0.3 is 14.5 Å². The van der Waals surface area contributed by atoms with Crippen molar-refractivity contribution in [3.05, 3.63) is 17.7 Å². The molecule has 0 unspecified atom stereocenters. The van der Waals surface area contributed by atoms with E-state index < -0.39 is 0 Å². The summed E-state index contributed by atoms with van der Waals surface area (Å²) < 4.78 is 11.0. The van der Waals surface area contributed by atoms with Gasteiger partial charge in [-0.2, -0.15) is 0 Å². The first kappa shape index (κ1) is 12.0. The Balaban J connectivity index is 1.78. The molecule has 1 amide bonds. The summed E-state index contributed by atoms with van der Waals surface area (Å²) in [7, 11) is 0. The van der Waals surface area contributed by atoms with Crippen LogP contribution in [0.3, 0.4) is 0 Å². The van der Waals surface area contributed by atoms with Gasteiger partial charge in [-0.05, 0) is 26.7 Å². The summed E-state index contributed by atoms with van der Waals surface area (Å²) in [6, 6.07) is 0.333. The van der Waals surface area contributed by atoms with E-state index in [4.69, 9.17) is 9.15 Å². The summed E-state index contributed by atoms with van der Waals surface area (Å²) in [6.45, 7) is 3.74. The number of furan rings is 1. The van der Waals surface area contributed by atoms with Gasteiger partial charge in [0, 0.05) is 11.6 Å². The van der Waals surface area contributed by atoms with Gasteiger partial charge in [0.2, 0.25) is 11.6 Å². The molecular formula is C13H15N3O3. The highest BCUT2D eigenvalue weighted by atomic mass is 16.5. The van der Waals surface area contributed by atoms with E-state index in [1.165, 1.54) is 6.33 Å². The summed E-state index contributed by atoms with van der Waals surface area (Å²) in [6.07, 6.45) is 3.49. The number of rotatable bonds is 4. The van der Waals surface area contributed by atoms with E-state index in [1.54, 1.807) is 0 Å². The predicted octanol–water partition coefficient (Wildman–Crippen LogP) is 1.50. The average molecular weight is 261 g/mol. The Morgan fingerprint density at radius 2 is 2.26 bits per heavy atom. The number of hydrogen-bond acceptors (Lipinski definition) is 5. The first-order chi connectivity index (χ1) is 9.15. The van der Waals surface area contributed by atoms with Gasteiger partial charge in [0.25, 0.3) is 5.91 Å². The number of aryl methyl sites for hydroxylation is 2. The number of ether oxygens (including phenoxy) is 1. The van der Waals surface area contributed by atoms with Gasteiger partial charge in [0.05, 0.1) is 0 Å². The van der Waals surface area contributed by atoms with Crippen LogP contribution in [0, 0.1) is 13.8 Å². The van der Waals surface area contributed by atoms with Gasteiger partial charge in [-0.1, -0.05) is 0 Å². The molecule has 0 radical (unpaired) electrons. The Kier molecular flexibility index (Phi) is 2.85. The predicted molar refractivity (Wildman–Crippen MR) is 67.9 cm³/mol. The summed E-state index contributed by atoms with van der Waals surface area (Å²) >= 11 is 0. The van der Waals surface area contributed by atoms with Crippen molar-refractivity contribution in [2.75, 3.05) is 6.61 Å². The first-order valence-electron chi connectivity index (χ1n) is 6.28. The summed E-state index contributed by atoms with van der Waals surface area (Å²) in [5.74, 6) is 1.06. The zero-order valence-corrected chi connectivity index (χ0v) is 10.9. The Hall–Kier alpha value is -2.11. The van der Waals surface area contributed by atoms with Crippen LogP contribution in [0.4, 0.5) is 0 Å². The van der Waals surface area contributed by atoms with Crippen LogP contribution < -0.4 is 10.1 Å². The number of carbonyl (C=O) groups excluding carboxylic acids is 1. The molecule has 0 spiro atoms. The lowest BCUT2D eigenvalue weighted by molar-refractivity contribution is -0.123. The smallest absolute Gasteiger partial charge is 0.258 e. The molecule has 1 aliphatic carbocycles. The van der Waals surface area contributed by atoms with E-state index in [1.807, 2.05) is 13.8 Å². The second-order valence-corrected chi connectivity index (χ2v) is 4.77. The number of aromatic nitrogens is 2. The van der Waals surface area contributed by atoms with E-state index in [2.05, 4.69) is 15.3 Å². The highest BCUT2D eigenvalue weighted by Crippen LogP contribution is 2.29. The maximum absolute atomic E-state index is 11.6. The normalized spacial score (nSPS) is 14.6. The van der Waals surface area contributed by atoms with Crippen molar-refractivity contribution in [3.63, 3.8) is 0 Å². The molecule has 0 atom stereocenters. The first-order valence-corrected chi connectivity index (χ1v) is 6.28. The van der Waals surface area contributed by atoms with Crippen molar-refractivity contribution in [2.45, 2.75) is 32.7 Å².